The number of nitrogens with zero attached hydrogens (tertiary/aromatic N) is 2. The summed E-state index contributed by atoms with van der Waals surface area (Å²) in [5.41, 5.74) is -1.09. The van der Waals surface area contributed by atoms with Crippen LogP contribution >= 0.6 is 0 Å². The third-order valence-corrected chi connectivity index (χ3v) is 2.55. The van der Waals surface area contributed by atoms with Crippen molar-refractivity contribution in [1.82, 2.24) is 9.13 Å². The molecule has 0 bridgehead atoms. The Morgan fingerprint density at radius 1 is 1.47 bits per heavy atom. The minimum absolute atomic E-state index is 0.0164. The molecule has 17 heavy (non-hydrogen) atoms. The third-order valence-electron chi connectivity index (χ3n) is 2.55. The normalized spacial score (nSPS) is 12.5. The van der Waals surface area contributed by atoms with Gasteiger partial charge in [-0.25, -0.2) is 4.79 Å². The summed E-state index contributed by atoms with van der Waals surface area (Å²) in [4.78, 5) is 34.6. The predicted molar refractivity (Wildman–Crippen MR) is 62.2 cm³/mol. The summed E-state index contributed by atoms with van der Waals surface area (Å²) in [5.74, 6) is -0.499. The molecule has 0 aliphatic carbocycles. The number of hydrogen-bond acceptors (Lipinski definition) is 4. The van der Waals surface area contributed by atoms with Gasteiger partial charge >= 0.3 is 5.69 Å². The van der Waals surface area contributed by atoms with Crippen LogP contribution in [0.3, 0.4) is 0 Å². The van der Waals surface area contributed by atoms with E-state index in [1.165, 1.54) is 24.7 Å². The summed E-state index contributed by atoms with van der Waals surface area (Å²) in [6.07, 6.45) is 1.26. The van der Waals surface area contributed by atoms with E-state index in [0.717, 1.165) is 4.57 Å². The van der Waals surface area contributed by atoms with Gasteiger partial charge in [-0.2, -0.15) is 0 Å². The maximum atomic E-state index is 11.7. The molecule has 1 atom stereocenters. The van der Waals surface area contributed by atoms with Crippen LogP contribution < -0.4 is 11.2 Å². The van der Waals surface area contributed by atoms with Crippen LogP contribution in [-0.2, 0) is 13.6 Å². The van der Waals surface area contributed by atoms with E-state index in [9.17, 15) is 14.4 Å². The van der Waals surface area contributed by atoms with Gasteiger partial charge in [0, 0.05) is 26.4 Å². The molecule has 1 N–H and O–H groups in total. The minimum Gasteiger partial charge on any atom is -0.396 e. The van der Waals surface area contributed by atoms with E-state index in [2.05, 4.69) is 0 Å². The van der Waals surface area contributed by atoms with Crippen LogP contribution in [0.5, 0.6) is 0 Å². The molecule has 1 aromatic heterocycles. The van der Waals surface area contributed by atoms with Crippen LogP contribution in [0, 0.1) is 5.92 Å². The number of rotatable bonds is 4. The van der Waals surface area contributed by atoms with Crippen molar-refractivity contribution < 1.29 is 9.90 Å². The molecular formula is C11H16N2O4. The predicted octanol–water partition coefficient (Wildman–Crippen LogP) is -0.622. The molecule has 0 saturated heterocycles. The number of aliphatic hydroxyl groups is 1. The molecule has 0 aliphatic heterocycles. The van der Waals surface area contributed by atoms with E-state index >= 15 is 0 Å². The van der Waals surface area contributed by atoms with Gasteiger partial charge in [-0.05, 0) is 12.8 Å². The largest absolute Gasteiger partial charge is 0.396 e. The van der Waals surface area contributed by atoms with Crippen molar-refractivity contribution in [3.63, 3.8) is 0 Å². The van der Waals surface area contributed by atoms with E-state index in [4.69, 9.17) is 5.11 Å². The van der Waals surface area contributed by atoms with Crippen molar-refractivity contribution in [2.24, 2.45) is 13.0 Å². The lowest BCUT2D eigenvalue weighted by molar-refractivity contribution is 0.101. The standard InChI is InChI=1S/C11H16N2O4/c1-7(6-14)4-13-5-9(8(2)15)10(16)12(3)11(13)17/h5,7,14H,4,6H2,1-3H3. The van der Waals surface area contributed by atoms with Crippen molar-refractivity contribution in [1.29, 1.82) is 0 Å². The summed E-state index contributed by atoms with van der Waals surface area (Å²) in [6.45, 7) is 3.25. The van der Waals surface area contributed by atoms with Gasteiger partial charge < -0.3 is 5.11 Å². The Hall–Kier alpha value is -1.69. The quantitative estimate of drug-likeness (QED) is 0.711. The molecule has 0 radical (unpaired) electrons. The number of aromatic nitrogens is 2. The monoisotopic (exact) mass is 240 g/mol. The number of carbonyl (C=O) groups excluding carboxylic acids is 1. The van der Waals surface area contributed by atoms with Crippen molar-refractivity contribution in [2.45, 2.75) is 20.4 Å². The zero-order valence-electron chi connectivity index (χ0n) is 10.1. The first-order valence-electron chi connectivity index (χ1n) is 5.30. The van der Waals surface area contributed by atoms with Crippen molar-refractivity contribution in [2.75, 3.05) is 6.61 Å². The first kappa shape index (κ1) is 13.4. The van der Waals surface area contributed by atoms with Crippen molar-refractivity contribution in [3.8, 4) is 0 Å². The Labute approximate surface area is 98.1 Å². The van der Waals surface area contributed by atoms with E-state index < -0.39 is 11.2 Å². The topological polar surface area (TPSA) is 81.3 Å². The molecule has 6 heteroatoms. The Morgan fingerprint density at radius 3 is 2.53 bits per heavy atom. The second kappa shape index (κ2) is 5.09. The van der Waals surface area contributed by atoms with Gasteiger partial charge in [0.05, 0.1) is 5.56 Å². The lowest BCUT2D eigenvalue weighted by Gasteiger charge is -2.12. The smallest absolute Gasteiger partial charge is 0.330 e. The van der Waals surface area contributed by atoms with Crippen molar-refractivity contribution in [3.05, 3.63) is 32.6 Å². The number of ketones is 1. The highest BCUT2D eigenvalue weighted by atomic mass is 16.3. The Bertz CT molecular complexity index is 541. The van der Waals surface area contributed by atoms with Crippen LogP contribution in [0.2, 0.25) is 0 Å². The highest BCUT2D eigenvalue weighted by Crippen LogP contribution is 1.98. The minimum atomic E-state index is -0.588. The fraction of sp³-hybridized carbons (Fsp3) is 0.545. The van der Waals surface area contributed by atoms with Crippen LogP contribution in [0.4, 0.5) is 0 Å². The summed E-state index contributed by atoms with van der Waals surface area (Å²) in [5, 5.41) is 8.94. The molecule has 1 rings (SSSR count). The maximum Gasteiger partial charge on any atom is 0.330 e. The zero-order valence-corrected chi connectivity index (χ0v) is 10.1. The maximum absolute atomic E-state index is 11.7. The van der Waals surface area contributed by atoms with Gasteiger partial charge in [-0.15, -0.1) is 0 Å². The second-order valence-corrected chi connectivity index (χ2v) is 4.19. The zero-order chi connectivity index (χ0) is 13.2. The molecule has 6 nitrogen and oxygen atoms in total. The van der Waals surface area contributed by atoms with Crippen LogP contribution in [-0.4, -0.2) is 26.6 Å². The van der Waals surface area contributed by atoms with E-state index in [1.807, 2.05) is 0 Å². The molecule has 1 aromatic rings. The fourth-order valence-electron chi connectivity index (χ4n) is 1.49. The summed E-state index contributed by atoms with van der Waals surface area (Å²) in [6, 6.07) is 0. The van der Waals surface area contributed by atoms with Gasteiger partial charge in [-0.1, -0.05) is 6.92 Å². The Kier molecular flexibility index (Phi) is 4.01. The second-order valence-electron chi connectivity index (χ2n) is 4.19. The highest BCUT2D eigenvalue weighted by Gasteiger charge is 2.13. The molecule has 1 unspecified atom stereocenters. The molecule has 0 fully saturated rings. The number of hydrogen-bond donors (Lipinski definition) is 1. The summed E-state index contributed by atoms with van der Waals surface area (Å²) < 4.78 is 2.18. The first-order chi connectivity index (χ1) is 7.88. The van der Waals surface area contributed by atoms with E-state index in [-0.39, 0.29) is 30.4 Å². The Morgan fingerprint density at radius 2 is 2.06 bits per heavy atom. The summed E-state index contributed by atoms with van der Waals surface area (Å²) >= 11 is 0. The number of aliphatic hydroxyl groups excluding tert-OH is 1. The van der Waals surface area contributed by atoms with Gasteiger partial charge in [0.15, 0.2) is 5.78 Å². The lowest BCUT2D eigenvalue weighted by Crippen LogP contribution is -2.41. The van der Waals surface area contributed by atoms with E-state index in [1.54, 1.807) is 6.92 Å². The lowest BCUT2D eigenvalue weighted by atomic mass is 10.2. The van der Waals surface area contributed by atoms with Crippen LogP contribution in [0.15, 0.2) is 15.8 Å². The number of Topliss-reactive ketones (excluding diaryl/α,β-unsaturated/α-hetero) is 1. The molecule has 94 valence electrons. The Balaban J connectivity index is 3.38. The fourth-order valence-corrected chi connectivity index (χ4v) is 1.49. The molecule has 0 amide bonds. The average Bonchev–Trinajstić information content (AvgIpc) is 2.29. The average molecular weight is 240 g/mol. The molecule has 0 spiro atoms. The van der Waals surface area contributed by atoms with Gasteiger partial charge in [0.25, 0.3) is 5.56 Å². The van der Waals surface area contributed by atoms with Gasteiger partial charge in [0.1, 0.15) is 0 Å². The SMILES string of the molecule is CC(=O)c1cn(CC(C)CO)c(=O)n(C)c1=O. The third kappa shape index (κ3) is 2.71. The van der Waals surface area contributed by atoms with Crippen molar-refractivity contribution >= 4 is 5.78 Å². The summed E-state index contributed by atoms with van der Waals surface area (Å²) in [7, 11) is 1.33. The molecule has 0 saturated carbocycles. The highest BCUT2D eigenvalue weighted by molar-refractivity contribution is 5.93. The molecule has 0 aromatic carbocycles. The van der Waals surface area contributed by atoms with E-state index in [0.29, 0.717) is 0 Å². The molecule has 1 heterocycles. The molecule has 0 aliphatic rings. The van der Waals surface area contributed by atoms with Crippen LogP contribution in [0.25, 0.3) is 0 Å². The molecular weight excluding hydrogens is 224 g/mol. The first-order valence-corrected chi connectivity index (χ1v) is 5.30. The number of carbonyl (C=O) groups is 1. The van der Waals surface area contributed by atoms with Crippen LogP contribution in [0.1, 0.15) is 24.2 Å². The van der Waals surface area contributed by atoms with Gasteiger partial charge in [-0.3, -0.25) is 18.7 Å². The van der Waals surface area contributed by atoms with Gasteiger partial charge in [0.2, 0.25) is 0 Å².